The normalized spacial score (nSPS) is 16.9. The summed E-state index contributed by atoms with van der Waals surface area (Å²) in [5.74, 6) is -0.187. The number of nitrogens with one attached hydrogen (secondary N) is 1. The van der Waals surface area contributed by atoms with Gasteiger partial charge in [-0.05, 0) is 19.2 Å². The maximum atomic E-state index is 12.1. The van der Waals surface area contributed by atoms with Crippen LogP contribution in [0.3, 0.4) is 0 Å². The third-order valence-electron chi connectivity index (χ3n) is 3.65. The Hall–Kier alpha value is -1.01. The van der Waals surface area contributed by atoms with E-state index in [-0.39, 0.29) is 5.91 Å². The second kappa shape index (κ2) is 7.31. The lowest BCUT2D eigenvalue weighted by atomic mass is 10.2. The number of halogens is 2. The van der Waals surface area contributed by atoms with Crippen molar-refractivity contribution in [3.63, 3.8) is 0 Å². The second-order valence-corrected chi connectivity index (χ2v) is 6.07. The number of nitrogens with two attached hydrogens (primary N) is 1. The molecule has 116 valence electrons. The van der Waals surface area contributed by atoms with Gasteiger partial charge in [-0.3, -0.25) is 9.69 Å². The van der Waals surface area contributed by atoms with E-state index >= 15 is 0 Å². The average Bonchev–Trinajstić information content (AvgIpc) is 2.46. The van der Waals surface area contributed by atoms with E-state index in [2.05, 4.69) is 22.2 Å². The summed E-state index contributed by atoms with van der Waals surface area (Å²) < 4.78 is 0. The lowest BCUT2D eigenvalue weighted by Crippen LogP contribution is -2.46. The molecule has 1 fully saturated rings. The first-order valence-corrected chi connectivity index (χ1v) is 7.66. The zero-order valence-electron chi connectivity index (χ0n) is 12.0. The minimum Gasteiger partial charge on any atom is -0.396 e. The zero-order valence-corrected chi connectivity index (χ0v) is 13.5. The van der Waals surface area contributed by atoms with Crippen LogP contribution < -0.4 is 11.1 Å². The van der Waals surface area contributed by atoms with Gasteiger partial charge in [-0.15, -0.1) is 0 Å². The minimum absolute atomic E-state index is 0.187. The third kappa shape index (κ3) is 4.48. The Bertz CT molecular complexity index is 493. The van der Waals surface area contributed by atoms with Crippen LogP contribution in [0.25, 0.3) is 0 Å². The maximum absolute atomic E-state index is 12.1. The van der Waals surface area contributed by atoms with Crippen LogP contribution in [0.2, 0.25) is 10.0 Å². The van der Waals surface area contributed by atoms with Gasteiger partial charge in [0.2, 0.25) is 0 Å². The Balaban J connectivity index is 1.82. The number of hydrogen-bond donors (Lipinski definition) is 2. The molecule has 1 amide bonds. The van der Waals surface area contributed by atoms with E-state index in [1.165, 1.54) is 12.1 Å². The van der Waals surface area contributed by atoms with Gasteiger partial charge in [0.05, 0.1) is 15.7 Å². The monoisotopic (exact) mass is 330 g/mol. The molecule has 0 spiro atoms. The molecule has 1 saturated heterocycles. The summed E-state index contributed by atoms with van der Waals surface area (Å²) in [5.41, 5.74) is 6.38. The Morgan fingerprint density at radius 2 is 1.81 bits per heavy atom. The number of carbonyl (C=O) groups is 1. The molecule has 1 aliphatic heterocycles. The van der Waals surface area contributed by atoms with E-state index in [1.54, 1.807) is 0 Å². The molecule has 1 aromatic rings. The van der Waals surface area contributed by atoms with E-state index in [9.17, 15) is 4.79 Å². The number of rotatable bonds is 4. The molecule has 0 aliphatic carbocycles. The predicted octanol–water partition coefficient (Wildman–Crippen LogP) is 1.55. The van der Waals surface area contributed by atoms with E-state index in [0.29, 0.717) is 27.8 Å². The SMILES string of the molecule is CN1CCN(CCNC(=O)c2cc(Cl)c(N)c(Cl)c2)CC1. The molecule has 0 atom stereocenters. The highest BCUT2D eigenvalue weighted by Crippen LogP contribution is 2.28. The zero-order chi connectivity index (χ0) is 15.4. The number of nitrogen functional groups attached to an aromatic ring is 1. The molecule has 21 heavy (non-hydrogen) atoms. The van der Waals surface area contributed by atoms with Gasteiger partial charge in [-0.1, -0.05) is 23.2 Å². The van der Waals surface area contributed by atoms with Crippen molar-refractivity contribution < 1.29 is 4.79 Å². The average molecular weight is 331 g/mol. The van der Waals surface area contributed by atoms with Crippen LogP contribution in [0.1, 0.15) is 10.4 Å². The molecule has 5 nitrogen and oxygen atoms in total. The lowest BCUT2D eigenvalue weighted by molar-refractivity contribution is 0.0941. The van der Waals surface area contributed by atoms with E-state index in [0.717, 1.165) is 32.7 Å². The highest BCUT2D eigenvalue weighted by atomic mass is 35.5. The van der Waals surface area contributed by atoms with Gasteiger partial charge in [0.25, 0.3) is 5.91 Å². The first-order valence-electron chi connectivity index (χ1n) is 6.91. The number of hydrogen-bond acceptors (Lipinski definition) is 4. The molecule has 0 radical (unpaired) electrons. The Morgan fingerprint density at radius 3 is 2.38 bits per heavy atom. The standard InChI is InChI=1S/C14H20Cl2N4O/c1-19-4-6-20(7-5-19)3-2-18-14(21)10-8-11(15)13(17)12(16)9-10/h8-9H,2-7,17H2,1H3,(H,18,21). The lowest BCUT2D eigenvalue weighted by Gasteiger charge is -2.32. The van der Waals surface area contributed by atoms with Gasteiger partial charge in [0, 0.05) is 44.8 Å². The van der Waals surface area contributed by atoms with Crippen molar-refractivity contribution >= 4 is 34.8 Å². The molecule has 0 bridgehead atoms. The summed E-state index contributed by atoms with van der Waals surface area (Å²) in [4.78, 5) is 16.7. The summed E-state index contributed by atoms with van der Waals surface area (Å²) in [6.07, 6.45) is 0. The minimum atomic E-state index is -0.187. The van der Waals surface area contributed by atoms with Crippen LogP contribution in [0, 0.1) is 0 Å². The van der Waals surface area contributed by atoms with Crippen molar-refractivity contribution in [3.8, 4) is 0 Å². The van der Waals surface area contributed by atoms with Crippen LogP contribution >= 0.6 is 23.2 Å². The van der Waals surface area contributed by atoms with Crippen LogP contribution in [0.5, 0.6) is 0 Å². The van der Waals surface area contributed by atoms with Crippen molar-refractivity contribution in [2.75, 3.05) is 52.0 Å². The van der Waals surface area contributed by atoms with E-state index < -0.39 is 0 Å². The predicted molar refractivity (Wildman–Crippen MR) is 87.1 cm³/mol. The molecule has 0 saturated carbocycles. The number of carbonyl (C=O) groups excluding carboxylic acids is 1. The van der Waals surface area contributed by atoms with Gasteiger partial charge in [0.15, 0.2) is 0 Å². The Labute approximate surface area is 135 Å². The largest absolute Gasteiger partial charge is 0.396 e. The van der Waals surface area contributed by atoms with Crippen molar-refractivity contribution in [1.82, 2.24) is 15.1 Å². The smallest absolute Gasteiger partial charge is 0.251 e. The first kappa shape index (κ1) is 16.4. The third-order valence-corrected chi connectivity index (χ3v) is 4.28. The fourth-order valence-corrected chi connectivity index (χ4v) is 2.70. The second-order valence-electron chi connectivity index (χ2n) is 5.25. The number of benzene rings is 1. The molecule has 0 unspecified atom stereocenters. The maximum Gasteiger partial charge on any atom is 0.251 e. The fraction of sp³-hybridized carbons (Fsp3) is 0.500. The van der Waals surface area contributed by atoms with Gasteiger partial charge in [-0.25, -0.2) is 0 Å². The van der Waals surface area contributed by atoms with Gasteiger partial charge >= 0.3 is 0 Å². The molecular formula is C14H20Cl2N4O. The quantitative estimate of drug-likeness (QED) is 0.822. The molecular weight excluding hydrogens is 311 g/mol. The molecule has 7 heteroatoms. The van der Waals surface area contributed by atoms with Gasteiger partial charge in [0.1, 0.15) is 0 Å². The topological polar surface area (TPSA) is 61.6 Å². The van der Waals surface area contributed by atoms with Gasteiger partial charge in [-0.2, -0.15) is 0 Å². The fourth-order valence-electron chi connectivity index (χ4n) is 2.22. The van der Waals surface area contributed by atoms with Crippen molar-refractivity contribution in [2.45, 2.75) is 0 Å². The number of nitrogens with zero attached hydrogens (tertiary/aromatic N) is 2. The molecule has 1 aliphatic rings. The summed E-state index contributed by atoms with van der Waals surface area (Å²) in [7, 11) is 2.12. The molecule has 3 N–H and O–H groups in total. The Kier molecular flexibility index (Phi) is 5.70. The Morgan fingerprint density at radius 1 is 1.24 bits per heavy atom. The molecule has 1 aromatic carbocycles. The van der Waals surface area contributed by atoms with E-state index in [1.807, 2.05) is 0 Å². The van der Waals surface area contributed by atoms with Crippen LogP contribution in [0.4, 0.5) is 5.69 Å². The van der Waals surface area contributed by atoms with Crippen molar-refractivity contribution in [2.24, 2.45) is 0 Å². The summed E-state index contributed by atoms with van der Waals surface area (Å²) in [6, 6.07) is 3.07. The molecule has 1 heterocycles. The number of anilines is 1. The first-order chi connectivity index (χ1) is 9.97. The summed E-state index contributed by atoms with van der Waals surface area (Å²) in [5, 5.41) is 3.47. The van der Waals surface area contributed by atoms with Crippen LogP contribution in [-0.2, 0) is 0 Å². The summed E-state index contributed by atoms with van der Waals surface area (Å²) >= 11 is 11.9. The van der Waals surface area contributed by atoms with Crippen LogP contribution in [-0.4, -0.2) is 62.0 Å². The highest BCUT2D eigenvalue weighted by Gasteiger charge is 2.14. The van der Waals surface area contributed by atoms with Crippen molar-refractivity contribution in [1.29, 1.82) is 0 Å². The van der Waals surface area contributed by atoms with Crippen LogP contribution in [0.15, 0.2) is 12.1 Å². The van der Waals surface area contributed by atoms with Gasteiger partial charge < -0.3 is 16.0 Å². The van der Waals surface area contributed by atoms with Crippen molar-refractivity contribution in [3.05, 3.63) is 27.7 Å². The van der Waals surface area contributed by atoms with E-state index in [4.69, 9.17) is 28.9 Å². The number of likely N-dealkylation sites (N-methyl/N-ethyl adjacent to an activating group) is 1. The number of piperazine rings is 1. The molecule has 2 rings (SSSR count). The molecule has 0 aromatic heterocycles. The number of amides is 1. The summed E-state index contributed by atoms with van der Waals surface area (Å²) in [6.45, 7) is 5.64. The highest BCUT2D eigenvalue weighted by molar-refractivity contribution is 6.39.